The van der Waals surface area contributed by atoms with Crippen LogP contribution in [0.15, 0.2) is 42.6 Å². The van der Waals surface area contributed by atoms with Gasteiger partial charge in [-0.2, -0.15) is 0 Å². The minimum atomic E-state index is -0.508. The van der Waals surface area contributed by atoms with Gasteiger partial charge in [0.05, 0.1) is 13.2 Å². The van der Waals surface area contributed by atoms with Gasteiger partial charge in [0.15, 0.2) is 0 Å². The summed E-state index contributed by atoms with van der Waals surface area (Å²) in [5.74, 6) is 1.09. The third-order valence-electron chi connectivity index (χ3n) is 3.42. The Morgan fingerprint density at radius 2 is 1.70 bits per heavy atom. The van der Waals surface area contributed by atoms with Crippen molar-refractivity contribution in [3.05, 3.63) is 59.3 Å². The lowest BCUT2D eigenvalue weighted by molar-refractivity contribution is 0.178. The molecule has 1 N–H and O–H groups in total. The van der Waals surface area contributed by atoms with Crippen LogP contribution in [-0.2, 0) is 6.42 Å². The van der Waals surface area contributed by atoms with E-state index in [0.717, 1.165) is 11.1 Å². The Bertz CT molecular complexity index is 532. The molecule has 0 fully saturated rings. The van der Waals surface area contributed by atoms with Gasteiger partial charge in [0.1, 0.15) is 0 Å². The summed E-state index contributed by atoms with van der Waals surface area (Å²) in [6, 6.07) is 11.9. The van der Waals surface area contributed by atoms with E-state index in [1.807, 2.05) is 24.3 Å². The van der Waals surface area contributed by atoms with E-state index in [1.54, 1.807) is 13.3 Å². The van der Waals surface area contributed by atoms with Gasteiger partial charge in [-0.3, -0.25) is 0 Å². The standard InChI is InChI=1S/C17H21NO2/c1-12(2)14-5-7-15(8-6-14)16(19)10-13-4-9-17(20-3)18-11-13/h4-9,11-12,16,19H,10H2,1-3H3. The van der Waals surface area contributed by atoms with Gasteiger partial charge in [0.2, 0.25) is 5.88 Å². The second-order valence-corrected chi connectivity index (χ2v) is 5.25. The summed E-state index contributed by atoms with van der Waals surface area (Å²) in [6.07, 6.45) is 1.79. The fraction of sp³-hybridized carbons (Fsp3) is 0.353. The van der Waals surface area contributed by atoms with E-state index >= 15 is 0 Å². The van der Waals surface area contributed by atoms with Crippen LogP contribution in [0.25, 0.3) is 0 Å². The van der Waals surface area contributed by atoms with Crippen molar-refractivity contribution in [2.24, 2.45) is 0 Å². The summed E-state index contributed by atoms with van der Waals surface area (Å²) < 4.78 is 5.02. The molecule has 2 rings (SSSR count). The fourth-order valence-corrected chi connectivity index (χ4v) is 2.10. The maximum atomic E-state index is 10.3. The number of aliphatic hydroxyl groups excluding tert-OH is 1. The van der Waals surface area contributed by atoms with E-state index in [4.69, 9.17) is 4.74 Å². The normalized spacial score (nSPS) is 12.4. The van der Waals surface area contributed by atoms with Crippen molar-refractivity contribution in [1.29, 1.82) is 0 Å². The maximum absolute atomic E-state index is 10.3. The first kappa shape index (κ1) is 14.5. The first-order valence-electron chi connectivity index (χ1n) is 6.87. The minimum absolute atomic E-state index is 0.506. The molecule has 0 radical (unpaired) electrons. The van der Waals surface area contributed by atoms with Crippen molar-refractivity contribution in [3.8, 4) is 5.88 Å². The molecule has 3 heteroatoms. The van der Waals surface area contributed by atoms with Gasteiger partial charge in [-0.1, -0.05) is 44.2 Å². The van der Waals surface area contributed by atoms with Crippen LogP contribution in [-0.4, -0.2) is 17.2 Å². The number of nitrogens with zero attached hydrogens (tertiary/aromatic N) is 1. The van der Waals surface area contributed by atoms with Crippen LogP contribution >= 0.6 is 0 Å². The molecule has 0 aliphatic heterocycles. The highest BCUT2D eigenvalue weighted by atomic mass is 16.5. The van der Waals surface area contributed by atoms with Gasteiger partial charge in [-0.05, 0) is 22.6 Å². The van der Waals surface area contributed by atoms with Crippen molar-refractivity contribution >= 4 is 0 Å². The highest BCUT2D eigenvalue weighted by Crippen LogP contribution is 2.21. The van der Waals surface area contributed by atoms with Crippen LogP contribution in [0.5, 0.6) is 5.88 Å². The molecular formula is C17H21NO2. The number of hydrogen-bond donors (Lipinski definition) is 1. The predicted octanol–water partition coefficient (Wildman–Crippen LogP) is 3.49. The first-order valence-corrected chi connectivity index (χ1v) is 6.87. The molecule has 1 unspecified atom stereocenters. The third kappa shape index (κ3) is 3.58. The van der Waals surface area contributed by atoms with E-state index in [1.165, 1.54) is 5.56 Å². The molecule has 0 aliphatic rings. The first-order chi connectivity index (χ1) is 9.60. The number of hydrogen-bond acceptors (Lipinski definition) is 3. The Hall–Kier alpha value is -1.87. The minimum Gasteiger partial charge on any atom is -0.481 e. The SMILES string of the molecule is COc1ccc(CC(O)c2ccc(C(C)C)cc2)cn1. The van der Waals surface area contributed by atoms with E-state index in [0.29, 0.717) is 18.2 Å². The average Bonchev–Trinajstić information content (AvgIpc) is 2.48. The molecule has 0 saturated carbocycles. The van der Waals surface area contributed by atoms with Crippen LogP contribution in [0.3, 0.4) is 0 Å². The Balaban J connectivity index is 2.04. The topological polar surface area (TPSA) is 42.4 Å². The molecule has 0 amide bonds. The van der Waals surface area contributed by atoms with E-state index < -0.39 is 6.10 Å². The Morgan fingerprint density at radius 1 is 1.05 bits per heavy atom. The van der Waals surface area contributed by atoms with E-state index in [9.17, 15) is 5.11 Å². The Kier molecular flexibility index (Phi) is 4.74. The molecule has 3 nitrogen and oxygen atoms in total. The fourth-order valence-electron chi connectivity index (χ4n) is 2.10. The van der Waals surface area contributed by atoms with Crippen molar-refractivity contribution in [1.82, 2.24) is 4.98 Å². The molecule has 1 heterocycles. The smallest absolute Gasteiger partial charge is 0.212 e. The van der Waals surface area contributed by atoms with Crippen LogP contribution in [0.4, 0.5) is 0 Å². The zero-order valence-corrected chi connectivity index (χ0v) is 12.2. The van der Waals surface area contributed by atoms with Gasteiger partial charge >= 0.3 is 0 Å². The number of methoxy groups -OCH3 is 1. The second kappa shape index (κ2) is 6.53. The van der Waals surface area contributed by atoms with E-state index in [-0.39, 0.29) is 0 Å². The van der Waals surface area contributed by atoms with Crippen molar-refractivity contribution in [3.63, 3.8) is 0 Å². The zero-order chi connectivity index (χ0) is 14.5. The van der Waals surface area contributed by atoms with Gasteiger partial charge in [-0.25, -0.2) is 4.98 Å². The van der Waals surface area contributed by atoms with Crippen LogP contribution in [0, 0.1) is 0 Å². The molecule has 20 heavy (non-hydrogen) atoms. The summed E-state index contributed by atoms with van der Waals surface area (Å²) >= 11 is 0. The summed E-state index contributed by atoms with van der Waals surface area (Å²) in [5.41, 5.74) is 3.21. The molecule has 1 aromatic heterocycles. The lowest BCUT2D eigenvalue weighted by Crippen LogP contribution is -2.02. The highest BCUT2D eigenvalue weighted by Gasteiger charge is 2.09. The second-order valence-electron chi connectivity index (χ2n) is 5.25. The van der Waals surface area contributed by atoms with Crippen LogP contribution in [0.2, 0.25) is 0 Å². The summed E-state index contributed by atoms with van der Waals surface area (Å²) in [5, 5.41) is 10.3. The van der Waals surface area contributed by atoms with Crippen LogP contribution in [0.1, 0.15) is 42.6 Å². The number of aliphatic hydroxyl groups is 1. The largest absolute Gasteiger partial charge is 0.481 e. The molecule has 1 atom stereocenters. The van der Waals surface area contributed by atoms with Gasteiger partial charge in [0, 0.05) is 18.7 Å². The molecule has 106 valence electrons. The Morgan fingerprint density at radius 3 is 2.20 bits per heavy atom. The number of benzene rings is 1. The molecule has 0 spiro atoms. The van der Waals surface area contributed by atoms with Crippen molar-refractivity contribution in [2.45, 2.75) is 32.3 Å². The highest BCUT2D eigenvalue weighted by molar-refractivity contribution is 5.27. The number of aromatic nitrogens is 1. The lowest BCUT2D eigenvalue weighted by Gasteiger charge is -2.13. The van der Waals surface area contributed by atoms with Crippen molar-refractivity contribution in [2.75, 3.05) is 7.11 Å². The summed E-state index contributed by atoms with van der Waals surface area (Å²) in [6.45, 7) is 4.32. The lowest BCUT2D eigenvalue weighted by atomic mass is 9.98. The quantitative estimate of drug-likeness (QED) is 0.905. The maximum Gasteiger partial charge on any atom is 0.212 e. The van der Waals surface area contributed by atoms with Gasteiger partial charge < -0.3 is 9.84 Å². The number of rotatable bonds is 5. The predicted molar refractivity (Wildman–Crippen MR) is 80.0 cm³/mol. The van der Waals surface area contributed by atoms with Gasteiger partial charge in [0.25, 0.3) is 0 Å². The molecule has 0 bridgehead atoms. The third-order valence-corrected chi connectivity index (χ3v) is 3.42. The molecule has 0 saturated heterocycles. The summed E-state index contributed by atoms with van der Waals surface area (Å²) in [7, 11) is 1.59. The van der Waals surface area contributed by atoms with Crippen molar-refractivity contribution < 1.29 is 9.84 Å². The molecule has 1 aromatic carbocycles. The monoisotopic (exact) mass is 271 g/mol. The molecular weight excluding hydrogens is 250 g/mol. The number of pyridine rings is 1. The van der Waals surface area contributed by atoms with Crippen LogP contribution < -0.4 is 4.74 Å². The van der Waals surface area contributed by atoms with Gasteiger partial charge in [-0.15, -0.1) is 0 Å². The number of ether oxygens (including phenoxy) is 1. The molecule has 0 aliphatic carbocycles. The molecule has 2 aromatic rings. The average molecular weight is 271 g/mol. The summed E-state index contributed by atoms with van der Waals surface area (Å²) in [4.78, 5) is 4.15. The Labute approximate surface area is 120 Å². The van der Waals surface area contributed by atoms with E-state index in [2.05, 4.69) is 31.0 Å². The zero-order valence-electron chi connectivity index (χ0n) is 12.2.